The second-order valence-electron chi connectivity index (χ2n) is 6.31. The van der Waals surface area contributed by atoms with Crippen molar-refractivity contribution >= 4 is 22.1 Å². The molecule has 0 unspecified atom stereocenters. The van der Waals surface area contributed by atoms with Crippen LogP contribution in [0.5, 0.6) is 11.6 Å². The molecule has 1 aliphatic rings. The van der Waals surface area contributed by atoms with Crippen molar-refractivity contribution in [3.05, 3.63) is 54.2 Å². The molecule has 0 bridgehead atoms. The van der Waals surface area contributed by atoms with Crippen LogP contribution in [0.15, 0.2) is 48.5 Å². The average Bonchev–Trinajstić information content (AvgIpc) is 3.11. The molecule has 0 radical (unpaired) electrons. The highest BCUT2D eigenvalue weighted by atomic mass is 16.5. The van der Waals surface area contributed by atoms with Gasteiger partial charge in [0.05, 0.1) is 0 Å². The smallest absolute Gasteiger partial charge is 0.227 e. The number of pyridine rings is 1. The first kappa shape index (κ1) is 14.8. The Labute approximate surface area is 141 Å². The Morgan fingerprint density at radius 3 is 2.50 bits per heavy atom. The molecule has 122 valence electrons. The molecule has 4 nitrogen and oxygen atoms in total. The fourth-order valence-corrected chi connectivity index (χ4v) is 3.31. The maximum atomic E-state index is 6.06. The summed E-state index contributed by atoms with van der Waals surface area (Å²) in [6.45, 7) is 4.25. The van der Waals surface area contributed by atoms with Crippen molar-refractivity contribution in [3.63, 3.8) is 0 Å². The number of nitrogens with zero attached hydrogens (tertiary/aromatic N) is 2. The predicted molar refractivity (Wildman–Crippen MR) is 98.9 cm³/mol. The van der Waals surface area contributed by atoms with E-state index in [0.29, 0.717) is 5.88 Å². The third-order valence-electron chi connectivity index (χ3n) is 4.49. The monoisotopic (exact) mass is 319 g/mol. The van der Waals surface area contributed by atoms with Gasteiger partial charge in [0.2, 0.25) is 5.88 Å². The third kappa shape index (κ3) is 2.75. The summed E-state index contributed by atoms with van der Waals surface area (Å²) in [5.74, 6) is 1.39. The van der Waals surface area contributed by atoms with Gasteiger partial charge in [-0.25, -0.2) is 4.98 Å². The average molecular weight is 319 g/mol. The number of aryl methyl sites for hydroxylation is 1. The molecule has 2 heterocycles. The number of aromatic nitrogens is 1. The largest absolute Gasteiger partial charge is 0.438 e. The van der Waals surface area contributed by atoms with Crippen molar-refractivity contribution in [2.45, 2.75) is 19.8 Å². The van der Waals surface area contributed by atoms with Gasteiger partial charge in [0, 0.05) is 40.9 Å². The third-order valence-corrected chi connectivity index (χ3v) is 4.49. The highest BCUT2D eigenvalue weighted by Crippen LogP contribution is 2.35. The molecule has 0 saturated carbocycles. The molecule has 0 atom stereocenters. The van der Waals surface area contributed by atoms with E-state index in [1.807, 2.05) is 31.2 Å². The van der Waals surface area contributed by atoms with Crippen LogP contribution in [0.2, 0.25) is 0 Å². The SMILES string of the molecule is Cc1cc2c(N3CCCC3)cccc2c(Oc2ccc(N)cc2)n1. The molecular formula is C20H21N3O. The Morgan fingerprint density at radius 1 is 1.00 bits per heavy atom. The van der Waals surface area contributed by atoms with Crippen LogP contribution >= 0.6 is 0 Å². The molecule has 2 N–H and O–H groups in total. The zero-order valence-electron chi connectivity index (χ0n) is 13.8. The van der Waals surface area contributed by atoms with Crippen LogP contribution in [0.4, 0.5) is 11.4 Å². The van der Waals surface area contributed by atoms with Crippen molar-refractivity contribution in [1.82, 2.24) is 4.98 Å². The quantitative estimate of drug-likeness (QED) is 0.721. The van der Waals surface area contributed by atoms with Gasteiger partial charge in [0.1, 0.15) is 5.75 Å². The minimum Gasteiger partial charge on any atom is -0.438 e. The summed E-state index contributed by atoms with van der Waals surface area (Å²) in [6, 6.07) is 15.9. The van der Waals surface area contributed by atoms with Crippen LogP contribution in [0.3, 0.4) is 0 Å². The number of anilines is 2. The normalized spacial score (nSPS) is 14.3. The zero-order valence-corrected chi connectivity index (χ0v) is 13.8. The minimum atomic E-state index is 0.649. The molecule has 1 aliphatic heterocycles. The van der Waals surface area contributed by atoms with Crippen LogP contribution in [-0.4, -0.2) is 18.1 Å². The lowest BCUT2D eigenvalue weighted by Crippen LogP contribution is -2.17. The molecule has 0 amide bonds. The molecule has 1 saturated heterocycles. The standard InChI is InChI=1S/C20H21N3O/c1-14-13-18-17(5-4-6-19(18)23-11-2-3-12-23)20(22-14)24-16-9-7-15(21)8-10-16/h4-10,13H,2-3,11-12,21H2,1H3. The number of nitrogen functional groups attached to an aromatic ring is 1. The van der Waals surface area contributed by atoms with E-state index in [0.717, 1.165) is 35.6 Å². The summed E-state index contributed by atoms with van der Waals surface area (Å²) < 4.78 is 6.06. The first-order chi connectivity index (χ1) is 11.7. The van der Waals surface area contributed by atoms with E-state index < -0.39 is 0 Å². The van der Waals surface area contributed by atoms with E-state index in [9.17, 15) is 0 Å². The van der Waals surface area contributed by atoms with Gasteiger partial charge in [-0.1, -0.05) is 6.07 Å². The Balaban J connectivity index is 1.80. The molecule has 1 fully saturated rings. The number of ether oxygens (including phenoxy) is 1. The summed E-state index contributed by atoms with van der Waals surface area (Å²) >= 11 is 0. The summed E-state index contributed by atoms with van der Waals surface area (Å²) in [5.41, 5.74) is 8.70. The molecular weight excluding hydrogens is 298 g/mol. The van der Waals surface area contributed by atoms with Crippen molar-refractivity contribution < 1.29 is 4.74 Å². The van der Waals surface area contributed by atoms with Crippen LogP contribution in [-0.2, 0) is 0 Å². The first-order valence-corrected chi connectivity index (χ1v) is 8.39. The predicted octanol–water partition coefficient (Wildman–Crippen LogP) is 4.52. The molecule has 24 heavy (non-hydrogen) atoms. The van der Waals surface area contributed by atoms with Gasteiger partial charge >= 0.3 is 0 Å². The molecule has 0 aliphatic carbocycles. The van der Waals surface area contributed by atoms with Crippen molar-refractivity contribution in [3.8, 4) is 11.6 Å². The van der Waals surface area contributed by atoms with Gasteiger partial charge in [-0.2, -0.15) is 0 Å². The van der Waals surface area contributed by atoms with Crippen LogP contribution in [0, 0.1) is 6.92 Å². The number of hydrogen-bond acceptors (Lipinski definition) is 4. The fourth-order valence-electron chi connectivity index (χ4n) is 3.31. The van der Waals surface area contributed by atoms with Crippen molar-refractivity contribution in [2.75, 3.05) is 23.7 Å². The Hall–Kier alpha value is -2.75. The van der Waals surface area contributed by atoms with Crippen LogP contribution in [0.25, 0.3) is 10.8 Å². The van der Waals surface area contributed by atoms with E-state index in [-0.39, 0.29) is 0 Å². The highest BCUT2D eigenvalue weighted by molar-refractivity contribution is 5.97. The summed E-state index contributed by atoms with van der Waals surface area (Å²) in [7, 11) is 0. The number of benzene rings is 2. The van der Waals surface area contributed by atoms with Gasteiger partial charge < -0.3 is 15.4 Å². The molecule has 2 aromatic carbocycles. The number of fused-ring (bicyclic) bond motifs is 1. The Morgan fingerprint density at radius 2 is 1.75 bits per heavy atom. The van der Waals surface area contributed by atoms with E-state index in [1.54, 1.807) is 0 Å². The molecule has 4 heteroatoms. The molecule has 0 spiro atoms. The summed E-state index contributed by atoms with van der Waals surface area (Å²) in [4.78, 5) is 7.07. The maximum absolute atomic E-state index is 6.06. The molecule has 4 rings (SSSR count). The van der Waals surface area contributed by atoms with E-state index in [2.05, 4.69) is 34.1 Å². The van der Waals surface area contributed by atoms with Crippen LogP contribution in [0.1, 0.15) is 18.5 Å². The van der Waals surface area contributed by atoms with Gasteiger partial charge in [-0.3, -0.25) is 0 Å². The van der Waals surface area contributed by atoms with E-state index in [4.69, 9.17) is 10.5 Å². The molecule has 1 aromatic heterocycles. The molecule has 3 aromatic rings. The Kier molecular flexibility index (Phi) is 3.73. The minimum absolute atomic E-state index is 0.649. The van der Waals surface area contributed by atoms with Gasteiger partial charge in [0.15, 0.2) is 0 Å². The zero-order chi connectivity index (χ0) is 16.5. The van der Waals surface area contributed by atoms with Gasteiger partial charge in [0.25, 0.3) is 0 Å². The van der Waals surface area contributed by atoms with E-state index in [1.165, 1.54) is 23.9 Å². The topological polar surface area (TPSA) is 51.4 Å². The second kappa shape index (κ2) is 6.04. The van der Waals surface area contributed by atoms with Crippen molar-refractivity contribution in [2.24, 2.45) is 0 Å². The summed E-state index contributed by atoms with van der Waals surface area (Å²) in [5, 5.41) is 2.25. The van der Waals surface area contributed by atoms with Crippen molar-refractivity contribution in [1.29, 1.82) is 0 Å². The van der Waals surface area contributed by atoms with E-state index >= 15 is 0 Å². The van der Waals surface area contributed by atoms with Gasteiger partial charge in [-0.05, 0) is 62.2 Å². The lowest BCUT2D eigenvalue weighted by molar-refractivity contribution is 0.468. The number of hydrogen-bond donors (Lipinski definition) is 1. The lowest BCUT2D eigenvalue weighted by Gasteiger charge is -2.20. The highest BCUT2D eigenvalue weighted by Gasteiger charge is 2.17. The van der Waals surface area contributed by atoms with Crippen LogP contribution < -0.4 is 15.4 Å². The first-order valence-electron chi connectivity index (χ1n) is 8.39. The summed E-state index contributed by atoms with van der Waals surface area (Å²) in [6.07, 6.45) is 2.52. The van der Waals surface area contributed by atoms with Gasteiger partial charge in [-0.15, -0.1) is 0 Å². The fraction of sp³-hybridized carbons (Fsp3) is 0.250. The lowest BCUT2D eigenvalue weighted by atomic mass is 10.1. The number of rotatable bonds is 3. The maximum Gasteiger partial charge on any atom is 0.227 e. The number of nitrogens with two attached hydrogens (primary N) is 1. The second-order valence-corrected chi connectivity index (χ2v) is 6.31. The Bertz CT molecular complexity index is 868.